The van der Waals surface area contributed by atoms with Gasteiger partial charge in [0.1, 0.15) is 0 Å². The Hall–Kier alpha value is -1.12. The van der Waals surface area contributed by atoms with Crippen molar-refractivity contribution in [2.75, 3.05) is 13.2 Å². The molecular formula is C25H42O2. The molecule has 0 bridgehead atoms. The second kappa shape index (κ2) is 14.9. The van der Waals surface area contributed by atoms with Gasteiger partial charge in [-0.3, -0.25) is 0 Å². The van der Waals surface area contributed by atoms with Gasteiger partial charge in [0.05, 0.1) is 13.2 Å². The van der Waals surface area contributed by atoms with E-state index in [0.717, 1.165) is 58.2 Å². The molecule has 27 heavy (non-hydrogen) atoms. The van der Waals surface area contributed by atoms with Gasteiger partial charge in [-0.25, -0.2) is 0 Å². The average Bonchev–Trinajstić information content (AvgIpc) is 2.64. The van der Waals surface area contributed by atoms with Gasteiger partial charge in [0.15, 0.2) is 6.29 Å². The normalized spacial score (nSPS) is 17.3. The lowest BCUT2D eigenvalue weighted by molar-refractivity contribution is -0.180. The first-order chi connectivity index (χ1) is 13.0. The Kier molecular flexibility index (Phi) is 13.2. The molecule has 154 valence electrons. The highest BCUT2D eigenvalue weighted by Gasteiger charge is 2.13. The third-order valence-corrected chi connectivity index (χ3v) is 4.95. The van der Waals surface area contributed by atoms with E-state index in [-0.39, 0.29) is 6.29 Å². The predicted molar refractivity (Wildman–Crippen MR) is 118 cm³/mol. The highest BCUT2D eigenvalue weighted by molar-refractivity contribution is 5.06. The highest BCUT2D eigenvalue weighted by atomic mass is 16.7. The molecule has 1 heterocycles. The van der Waals surface area contributed by atoms with Gasteiger partial charge >= 0.3 is 0 Å². The van der Waals surface area contributed by atoms with Crippen molar-refractivity contribution in [3.8, 4) is 0 Å². The molecule has 0 spiro atoms. The van der Waals surface area contributed by atoms with E-state index in [1.165, 1.54) is 35.1 Å². The summed E-state index contributed by atoms with van der Waals surface area (Å²) in [5.41, 5.74) is 5.90. The molecular weight excluding hydrogens is 332 g/mol. The van der Waals surface area contributed by atoms with E-state index in [4.69, 9.17) is 9.47 Å². The maximum Gasteiger partial charge on any atom is 0.157 e. The summed E-state index contributed by atoms with van der Waals surface area (Å²) in [4.78, 5) is 0. The van der Waals surface area contributed by atoms with E-state index in [1.54, 1.807) is 0 Å². The van der Waals surface area contributed by atoms with E-state index in [2.05, 4.69) is 58.9 Å². The van der Waals surface area contributed by atoms with Gasteiger partial charge in [0.2, 0.25) is 0 Å². The Bertz CT molecular complexity index is 512. The smallest absolute Gasteiger partial charge is 0.157 e. The monoisotopic (exact) mass is 374 g/mol. The molecule has 0 aromatic heterocycles. The molecule has 1 fully saturated rings. The number of allylic oxidation sites excluding steroid dienone is 8. The van der Waals surface area contributed by atoms with E-state index < -0.39 is 0 Å². The fourth-order valence-corrected chi connectivity index (χ4v) is 3.15. The standard InChI is InChI=1S/C25H42O2/c1-21(2)11-8-14-22(3)12-6-7-13-23(4)15-9-16-24(5)17-18-25-26-19-10-20-27-25/h11-13,16,25H,6-10,14-15,17-20H2,1-5H3/b22-12+,23-13+,24-16+. The Morgan fingerprint density at radius 3 is 1.70 bits per heavy atom. The molecule has 0 atom stereocenters. The van der Waals surface area contributed by atoms with Crippen LogP contribution in [0.2, 0.25) is 0 Å². The SMILES string of the molecule is CC(C)=CCC/C(C)=C/CC/C=C(\C)CC/C=C(\C)CCC1OCCCO1. The lowest BCUT2D eigenvalue weighted by atomic mass is 10.0. The Labute approximate surface area is 168 Å². The number of ether oxygens (including phenoxy) is 2. The zero-order chi connectivity index (χ0) is 19.9. The molecule has 1 saturated heterocycles. The van der Waals surface area contributed by atoms with Crippen molar-refractivity contribution in [3.63, 3.8) is 0 Å². The molecule has 1 aliphatic rings. The van der Waals surface area contributed by atoms with Crippen LogP contribution >= 0.6 is 0 Å². The van der Waals surface area contributed by atoms with Gasteiger partial charge in [-0.05, 0) is 86.0 Å². The van der Waals surface area contributed by atoms with Crippen molar-refractivity contribution >= 4 is 0 Å². The van der Waals surface area contributed by atoms with Crippen LogP contribution in [-0.2, 0) is 9.47 Å². The van der Waals surface area contributed by atoms with Crippen molar-refractivity contribution in [1.82, 2.24) is 0 Å². The molecule has 0 aromatic carbocycles. The summed E-state index contributed by atoms with van der Waals surface area (Å²) < 4.78 is 11.2. The largest absolute Gasteiger partial charge is 0.353 e. The number of hydrogen-bond donors (Lipinski definition) is 0. The average molecular weight is 375 g/mol. The fraction of sp³-hybridized carbons (Fsp3) is 0.680. The summed E-state index contributed by atoms with van der Waals surface area (Å²) in [6.45, 7) is 12.8. The van der Waals surface area contributed by atoms with Crippen LogP contribution in [0.1, 0.15) is 92.4 Å². The third kappa shape index (κ3) is 13.7. The lowest BCUT2D eigenvalue weighted by Crippen LogP contribution is -2.24. The van der Waals surface area contributed by atoms with Crippen molar-refractivity contribution in [3.05, 3.63) is 46.6 Å². The van der Waals surface area contributed by atoms with Gasteiger partial charge in [-0.1, -0.05) is 46.6 Å². The molecule has 0 N–H and O–H groups in total. The minimum atomic E-state index is 0.0160. The van der Waals surface area contributed by atoms with Crippen molar-refractivity contribution < 1.29 is 9.47 Å². The van der Waals surface area contributed by atoms with Gasteiger partial charge in [-0.2, -0.15) is 0 Å². The van der Waals surface area contributed by atoms with Gasteiger partial charge in [0, 0.05) is 6.42 Å². The quantitative estimate of drug-likeness (QED) is 0.258. The minimum absolute atomic E-state index is 0.0160. The zero-order valence-electron chi connectivity index (χ0n) is 18.5. The fourth-order valence-electron chi connectivity index (χ4n) is 3.15. The van der Waals surface area contributed by atoms with Crippen LogP contribution in [0.15, 0.2) is 46.6 Å². The first-order valence-corrected chi connectivity index (χ1v) is 10.8. The van der Waals surface area contributed by atoms with E-state index in [1.807, 2.05) is 0 Å². The molecule has 1 rings (SSSR count). The Balaban J connectivity index is 2.15. The maximum absolute atomic E-state index is 5.61. The van der Waals surface area contributed by atoms with Crippen LogP contribution in [0.3, 0.4) is 0 Å². The van der Waals surface area contributed by atoms with Gasteiger partial charge in [-0.15, -0.1) is 0 Å². The number of hydrogen-bond acceptors (Lipinski definition) is 2. The molecule has 0 aromatic rings. The maximum atomic E-state index is 5.61. The molecule has 1 aliphatic heterocycles. The van der Waals surface area contributed by atoms with Gasteiger partial charge < -0.3 is 9.47 Å². The van der Waals surface area contributed by atoms with Crippen LogP contribution in [0.25, 0.3) is 0 Å². The lowest BCUT2D eigenvalue weighted by Gasteiger charge is -2.23. The van der Waals surface area contributed by atoms with Crippen molar-refractivity contribution in [2.45, 2.75) is 98.7 Å². The molecule has 2 heteroatoms. The summed E-state index contributed by atoms with van der Waals surface area (Å²) in [6, 6.07) is 0. The molecule has 0 aliphatic carbocycles. The van der Waals surface area contributed by atoms with Crippen LogP contribution in [-0.4, -0.2) is 19.5 Å². The highest BCUT2D eigenvalue weighted by Crippen LogP contribution is 2.16. The first kappa shape index (κ1) is 23.9. The first-order valence-electron chi connectivity index (χ1n) is 10.8. The summed E-state index contributed by atoms with van der Waals surface area (Å²) in [5.74, 6) is 0. The van der Waals surface area contributed by atoms with Crippen molar-refractivity contribution in [1.29, 1.82) is 0 Å². The number of rotatable bonds is 12. The van der Waals surface area contributed by atoms with Crippen LogP contribution in [0.4, 0.5) is 0 Å². The van der Waals surface area contributed by atoms with E-state index in [9.17, 15) is 0 Å². The second-order valence-electron chi connectivity index (χ2n) is 8.15. The summed E-state index contributed by atoms with van der Waals surface area (Å²) in [6.07, 6.45) is 19.6. The summed E-state index contributed by atoms with van der Waals surface area (Å²) in [5, 5.41) is 0. The van der Waals surface area contributed by atoms with Crippen LogP contribution in [0.5, 0.6) is 0 Å². The zero-order valence-corrected chi connectivity index (χ0v) is 18.5. The minimum Gasteiger partial charge on any atom is -0.353 e. The third-order valence-electron chi connectivity index (χ3n) is 4.95. The second-order valence-corrected chi connectivity index (χ2v) is 8.15. The Morgan fingerprint density at radius 2 is 1.15 bits per heavy atom. The van der Waals surface area contributed by atoms with E-state index in [0.29, 0.717) is 0 Å². The van der Waals surface area contributed by atoms with Crippen LogP contribution < -0.4 is 0 Å². The molecule has 0 amide bonds. The van der Waals surface area contributed by atoms with Crippen LogP contribution in [0, 0.1) is 0 Å². The molecule has 0 saturated carbocycles. The molecule has 0 radical (unpaired) electrons. The topological polar surface area (TPSA) is 18.5 Å². The Morgan fingerprint density at radius 1 is 0.667 bits per heavy atom. The molecule has 0 unspecified atom stereocenters. The summed E-state index contributed by atoms with van der Waals surface area (Å²) in [7, 11) is 0. The molecule has 2 nitrogen and oxygen atoms in total. The summed E-state index contributed by atoms with van der Waals surface area (Å²) >= 11 is 0. The van der Waals surface area contributed by atoms with Gasteiger partial charge in [0.25, 0.3) is 0 Å². The van der Waals surface area contributed by atoms with E-state index >= 15 is 0 Å². The number of unbranched alkanes of at least 4 members (excludes halogenated alkanes) is 1. The van der Waals surface area contributed by atoms with Crippen molar-refractivity contribution in [2.24, 2.45) is 0 Å². The predicted octanol–water partition coefficient (Wildman–Crippen LogP) is 7.68.